The molecule has 1 atom stereocenters. The van der Waals surface area contributed by atoms with Crippen molar-refractivity contribution in [1.29, 1.82) is 0 Å². The van der Waals surface area contributed by atoms with Crippen molar-refractivity contribution >= 4 is 11.6 Å². The van der Waals surface area contributed by atoms with Crippen LogP contribution in [0, 0.1) is 21.7 Å². The van der Waals surface area contributed by atoms with Gasteiger partial charge in [0.25, 0.3) is 5.91 Å². The molecule has 0 radical (unpaired) electrons. The monoisotopic (exact) mass is 484 g/mol. The maximum atomic E-state index is 14.4. The van der Waals surface area contributed by atoms with Gasteiger partial charge in [-0.15, -0.1) is 13.2 Å². The van der Waals surface area contributed by atoms with Crippen molar-refractivity contribution in [2.75, 3.05) is 7.11 Å². The van der Waals surface area contributed by atoms with E-state index in [0.29, 0.717) is 12.1 Å². The van der Waals surface area contributed by atoms with Gasteiger partial charge < -0.3 is 14.8 Å². The summed E-state index contributed by atoms with van der Waals surface area (Å²) in [6.07, 6.45) is -3.20. The third-order valence-electron chi connectivity index (χ3n) is 4.35. The van der Waals surface area contributed by atoms with Crippen LogP contribution in [0.4, 0.5) is 27.6 Å². The van der Waals surface area contributed by atoms with Gasteiger partial charge in [0, 0.05) is 12.3 Å². The van der Waals surface area contributed by atoms with E-state index >= 15 is 0 Å². The van der Waals surface area contributed by atoms with Crippen LogP contribution < -0.4 is 14.8 Å². The first kappa shape index (κ1) is 24.3. The van der Waals surface area contributed by atoms with Crippen molar-refractivity contribution in [2.24, 2.45) is 0 Å². The van der Waals surface area contributed by atoms with Gasteiger partial charge in [-0.3, -0.25) is 19.9 Å². The standard InChI is InChI=1S/C20H13F5N4O5/c1-33-16-8-13(27-9-14(16)29(31)32)19(30)28-17(18-11(21)3-2-6-26-18)10-4-5-15(12(22)7-10)34-20(23,24)25/h2-9,17H,1H3,(H,28,30)/t17-/m0/s1. The molecule has 0 fully saturated rings. The van der Waals surface area contributed by atoms with Crippen LogP contribution in [-0.2, 0) is 0 Å². The van der Waals surface area contributed by atoms with Gasteiger partial charge in [0.2, 0.25) is 5.75 Å². The maximum Gasteiger partial charge on any atom is 0.573 e. The quantitative estimate of drug-likeness (QED) is 0.305. The molecule has 0 aliphatic carbocycles. The Labute approximate surface area is 187 Å². The molecule has 0 unspecified atom stereocenters. The zero-order chi connectivity index (χ0) is 25.0. The fourth-order valence-corrected chi connectivity index (χ4v) is 2.88. The summed E-state index contributed by atoms with van der Waals surface area (Å²) in [5.74, 6) is -4.74. The van der Waals surface area contributed by atoms with Crippen LogP contribution in [0.1, 0.15) is 27.8 Å². The van der Waals surface area contributed by atoms with Crippen molar-refractivity contribution in [3.63, 3.8) is 0 Å². The first-order valence-electron chi connectivity index (χ1n) is 9.15. The molecule has 9 nitrogen and oxygen atoms in total. The molecule has 0 bridgehead atoms. The summed E-state index contributed by atoms with van der Waals surface area (Å²) in [4.78, 5) is 30.5. The second kappa shape index (κ2) is 9.64. The smallest absolute Gasteiger partial charge is 0.490 e. The fourth-order valence-electron chi connectivity index (χ4n) is 2.88. The van der Waals surface area contributed by atoms with Crippen LogP contribution in [-0.4, -0.2) is 34.3 Å². The second-order valence-electron chi connectivity index (χ2n) is 6.51. The lowest BCUT2D eigenvalue weighted by molar-refractivity contribution is -0.386. The topological polar surface area (TPSA) is 116 Å². The van der Waals surface area contributed by atoms with E-state index in [1.807, 2.05) is 0 Å². The molecule has 3 rings (SSSR count). The number of alkyl halides is 3. The number of nitro groups is 1. The molecule has 0 saturated carbocycles. The van der Waals surface area contributed by atoms with Gasteiger partial charge in [-0.25, -0.2) is 13.8 Å². The number of hydrogen-bond donors (Lipinski definition) is 1. The second-order valence-corrected chi connectivity index (χ2v) is 6.51. The van der Waals surface area contributed by atoms with E-state index in [1.54, 1.807) is 0 Å². The summed E-state index contributed by atoms with van der Waals surface area (Å²) in [5.41, 5.74) is -1.45. The molecule has 2 heterocycles. The van der Waals surface area contributed by atoms with Crippen molar-refractivity contribution in [1.82, 2.24) is 15.3 Å². The number of amides is 1. The number of pyridine rings is 2. The van der Waals surface area contributed by atoms with Gasteiger partial charge in [-0.05, 0) is 29.8 Å². The van der Waals surface area contributed by atoms with E-state index in [0.717, 1.165) is 31.5 Å². The lowest BCUT2D eigenvalue weighted by Crippen LogP contribution is -2.31. The van der Waals surface area contributed by atoms with Crippen molar-refractivity contribution in [3.8, 4) is 11.5 Å². The summed E-state index contributed by atoms with van der Waals surface area (Å²) in [6, 6.07) is 3.99. The highest BCUT2D eigenvalue weighted by Gasteiger charge is 2.33. The van der Waals surface area contributed by atoms with Crippen molar-refractivity contribution < 1.29 is 41.1 Å². The Hall–Kier alpha value is -4.36. The Balaban J connectivity index is 2.00. The molecule has 0 saturated heterocycles. The van der Waals surface area contributed by atoms with E-state index in [4.69, 9.17) is 4.74 Å². The first-order chi connectivity index (χ1) is 16.0. The van der Waals surface area contributed by atoms with Gasteiger partial charge in [0.1, 0.15) is 23.4 Å². The van der Waals surface area contributed by atoms with Crippen LogP contribution in [0.15, 0.2) is 48.8 Å². The number of carbonyl (C=O) groups excluding carboxylic acids is 1. The third-order valence-corrected chi connectivity index (χ3v) is 4.35. The van der Waals surface area contributed by atoms with Gasteiger partial charge in [0.05, 0.1) is 18.1 Å². The predicted octanol–water partition coefficient (Wildman–Crippen LogP) is 4.09. The average Bonchev–Trinajstić information content (AvgIpc) is 2.78. The lowest BCUT2D eigenvalue weighted by Gasteiger charge is -2.20. The number of nitrogens with one attached hydrogen (secondary N) is 1. The summed E-state index contributed by atoms with van der Waals surface area (Å²) in [5, 5.41) is 13.4. The molecule has 3 aromatic rings. The minimum absolute atomic E-state index is 0.174. The van der Waals surface area contributed by atoms with Crippen LogP contribution in [0.25, 0.3) is 0 Å². The number of rotatable bonds is 7. The zero-order valence-electron chi connectivity index (χ0n) is 17.0. The van der Waals surface area contributed by atoms with E-state index in [-0.39, 0.29) is 22.7 Å². The number of halogens is 5. The molecule has 14 heteroatoms. The zero-order valence-corrected chi connectivity index (χ0v) is 17.0. The molecule has 0 spiro atoms. The van der Waals surface area contributed by atoms with Crippen LogP contribution >= 0.6 is 0 Å². The van der Waals surface area contributed by atoms with Crippen molar-refractivity contribution in [2.45, 2.75) is 12.4 Å². The number of benzene rings is 1. The van der Waals surface area contributed by atoms with E-state index in [1.165, 1.54) is 12.3 Å². The maximum absolute atomic E-state index is 14.4. The minimum atomic E-state index is -5.15. The molecule has 1 amide bonds. The molecule has 2 aromatic heterocycles. The number of nitrogens with zero attached hydrogens (tertiary/aromatic N) is 3. The van der Waals surface area contributed by atoms with Crippen molar-refractivity contribution in [3.05, 3.63) is 87.5 Å². The average molecular weight is 484 g/mol. The molecular weight excluding hydrogens is 471 g/mol. The van der Waals surface area contributed by atoms with Crippen LogP contribution in [0.5, 0.6) is 11.5 Å². The summed E-state index contributed by atoms with van der Waals surface area (Å²) in [6.45, 7) is 0. The van der Waals surface area contributed by atoms with Gasteiger partial charge in [-0.2, -0.15) is 0 Å². The Bertz CT molecular complexity index is 1240. The molecule has 34 heavy (non-hydrogen) atoms. The summed E-state index contributed by atoms with van der Waals surface area (Å²) >= 11 is 0. The molecule has 1 aromatic carbocycles. The highest BCUT2D eigenvalue weighted by molar-refractivity contribution is 5.93. The lowest BCUT2D eigenvalue weighted by atomic mass is 10.0. The van der Waals surface area contributed by atoms with Crippen LogP contribution in [0.3, 0.4) is 0 Å². The van der Waals surface area contributed by atoms with E-state index < -0.39 is 46.3 Å². The molecule has 1 N–H and O–H groups in total. The van der Waals surface area contributed by atoms with Gasteiger partial charge in [0.15, 0.2) is 11.6 Å². The predicted molar refractivity (Wildman–Crippen MR) is 104 cm³/mol. The van der Waals surface area contributed by atoms with E-state index in [9.17, 15) is 36.9 Å². The Morgan fingerprint density at radius 2 is 1.85 bits per heavy atom. The van der Waals surface area contributed by atoms with Gasteiger partial charge >= 0.3 is 12.0 Å². The molecule has 178 valence electrons. The Morgan fingerprint density at radius 3 is 2.44 bits per heavy atom. The minimum Gasteiger partial charge on any atom is -0.490 e. The number of hydrogen-bond acceptors (Lipinski definition) is 7. The number of carbonyl (C=O) groups is 1. The Kier molecular flexibility index (Phi) is 6.89. The number of aromatic nitrogens is 2. The van der Waals surface area contributed by atoms with E-state index in [2.05, 4.69) is 20.0 Å². The third kappa shape index (κ3) is 5.51. The highest BCUT2D eigenvalue weighted by Crippen LogP contribution is 2.31. The number of methoxy groups -OCH3 is 1. The molecular formula is C20H13F5N4O5. The molecule has 0 aliphatic rings. The SMILES string of the molecule is COc1cc(C(=O)N[C@@H](c2ccc(OC(F)(F)F)c(F)c2)c2ncccc2F)ncc1[N+](=O)[O-]. The van der Waals surface area contributed by atoms with Crippen LogP contribution in [0.2, 0.25) is 0 Å². The first-order valence-corrected chi connectivity index (χ1v) is 9.15. The Morgan fingerprint density at radius 1 is 1.12 bits per heavy atom. The molecule has 0 aliphatic heterocycles. The van der Waals surface area contributed by atoms with Gasteiger partial charge in [-0.1, -0.05) is 6.07 Å². The summed E-state index contributed by atoms with van der Waals surface area (Å²) in [7, 11) is 1.13. The number of ether oxygens (including phenoxy) is 2. The fraction of sp³-hybridized carbons (Fsp3) is 0.150. The largest absolute Gasteiger partial charge is 0.573 e. The summed E-state index contributed by atoms with van der Waals surface area (Å²) < 4.78 is 74.5. The highest BCUT2D eigenvalue weighted by atomic mass is 19.4. The normalized spacial score (nSPS) is 12.1.